The van der Waals surface area contributed by atoms with Crippen LogP contribution in [0.2, 0.25) is 0 Å². The van der Waals surface area contributed by atoms with E-state index in [1.54, 1.807) is 4.57 Å². The highest BCUT2D eigenvalue weighted by molar-refractivity contribution is 5.68. The highest BCUT2D eigenvalue weighted by Crippen LogP contribution is 2.29. The fourth-order valence-corrected chi connectivity index (χ4v) is 5.29. The Kier molecular flexibility index (Phi) is 6.56. The topological polar surface area (TPSA) is 71.0 Å². The SMILES string of the molecule is C/C=C(\N=c1\ccc(N2CCN(C3CCC3)[C@H](C)C2)cn1C=O)c1cc2c(CC)nc(C)cn2n1. The Labute approximate surface area is 206 Å². The Hall–Kier alpha value is -3.26. The number of piperazine rings is 1. The number of carbonyl (C=O) groups is 1. The van der Waals surface area contributed by atoms with Crippen molar-refractivity contribution in [1.82, 2.24) is 24.1 Å². The van der Waals surface area contributed by atoms with E-state index in [2.05, 4.69) is 34.7 Å². The maximum atomic E-state index is 12.0. The van der Waals surface area contributed by atoms with Gasteiger partial charge in [-0.3, -0.25) is 19.2 Å². The van der Waals surface area contributed by atoms with Crippen LogP contribution in [0.4, 0.5) is 5.69 Å². The molecule has 0 unspecified atom stereocenters. The van der Waals surface area contributed by atoms with Crippen LogP contribution in [0.15, 0.2) is 41.7 Å². The Balaban J connectivity index is 1.42. The summed E-state index contributed by atoms with van der Waals surface area (Å²) in [5, 5.41) is 4.74. The van der Waals surface area contributed by atoms with Crippen LogP contribution in [0.25, 0.3) is 11.2 Å². The van der Waals surface area contributed by atoms with Gasteiger partial charge in [-0.2, -0.15) is 5.10 Å². The molecule has 0 radical (unpaired) electrons. The monoisotopic (exact) mass is 473 g/mol. The molecule has 8 nitrogen and oxygen atoms in total. The average molecular weight is 474 g/mol. The highest BCUT2D eigenvalue weighted by atomic mass is 16.1. The zero-order chi connectivity index (χ0) is 24.5. The number of aryl methyl sites for hydroxylation is 2. The number of carbonyl (C=O) groups excluding carboxylic acids is 1. The zero-order valence-electron chi connectivity index (χ0n) is 21.2. The molecule has 0 aromatic carbocycles. The number of rotatable bonds is 6. The maximum Gasteiger partial charge on any atom is 0.219 e. The molecule has 5 rings (SSSR count). The van der Waals surface area contributed by atoms with Gasteiger partial charge in [-0.25, -0.2) is 9.51 Å². The summed E-state index contributed by atoms with van der Waals surface area (Å²) >= 11 is 0. The van der Waals surface area contributed by atoms with E-state index in [-0.39, 0.29) is 0 Å². The molecule has 1 aliphatic carbocycles. The first kappa shape index (κ1) is 23.5. The molecular formula is C27H35N7O. The van der Waals surface area contributed by atoms with Crippen molar-refractivity contribution in [3.63, 3.8) is 0 Å². The van der Waals surface area contributed by atoms with E-state index in [9.17, 15) is 4.79 Å². The van der Waals surface area contributed by atoms with Crippen LogP contribution in [0.5, 0.6) is 0 Å². The van der Waals surface area contributed by atoms with Gasteiger partial charge in [0.15, 0.2) is 0 Å². The van der Waals surface area contributed by atoms with Gasteiger partial charge in [-0.05, 0) is 58.2 Å². The van der Waals surface area contributed by atoms with E-state index in [0.29, 0.717) is 11.5 Å². The summed E-state index contributed by atoms with van der Waals surface area (Å²) in [6, 6.07) is 7.30. The van der Waals surface area contributed by atoms with Crippen molar-refractivity contribution in [3.8, 4) is 0 Å². The van der Waals surface area contributed by atoms with E-state index < -0.39 is 0 Å². The number of nitrogens with zero attached hydrogens (tertiary/aromatic N) is 7. The first-order valence-corrected chi connectivity index (χ1v) is 12.8. The predicted octanol–water partition coefficient (Wildman–Crippen LogP) is 3.46. The van der Waals surface area contributed by atoms with Gasteiger partial charge in [0.05, 0.1) is 34.5 Å². The first-order valence-electron chi connectivity index (χ1n) is 12.8. The summed E-state index contributed by atoms with van der Waals surface area (Å²) in [4.78, 5) is 26.5. The molecule has 2 fully saturated rings. The first-order chi connectivity index (χ1) is 17.0. The third kappa shape index (κ3) is 4.55. The molecule has 0 bridgehead atoms. The fraction of sp³-hybridized carbons (Fsp3) is 0.481. The minimum absolute atomic E-state index is 0.513. The van der Waals surface area contributed by atoms with Gasteiger partial charge in [-0.1, -0.05) is 19.4 Å². The van der Waals surface area contributed by atoms with Gasteiger partial charge in [0.25, 0.3) is 0 Å². The summed E-state index contributed by atoms with van der Waals surface area (Å²) in [5.74, 6) is 0. The lowest BCUT2D eigenvalue weighted by atomic mass is 9.89. The van der Waals surface area contributed by atoms with Crippen LogP contribution >= 0.6 is 0 Å². The lowest BCUT2D eigenvalue weighted by Gasteiger charge is -2.47. The lowest BCUT2D eigenvalue weighted by Crippen LogP contribution is -2.57. The molecule has 1 saturated carbocycles. The molecule has 3 aromatic rings. The van der Waals surface area contributed by atoms with Gasteiger partial charge >= 0.3 is 0 Å². The van der Waals surface area contributed by atoms with Crippen LogP contribution in [0.1, 0.15) is 57.1 Å². The molecule has 1 saturated heterocycles. The largest absolute Gasteiger partial charge is 0.367 e. The predicted molar refractivity (Wildman–Crippen MR) is 139 cm³/mol. The Morgan fingerprint density at radius 1 is 1.23 bits per heavy atom. The van der Waals surface area contributed by atoms with Gasteiger partial charge in [0.2, 0.25) is 6.41 Å². The van der Waals surface area contributed by atoms with Crippen LogP contribution in [-0.4, -0.2) is 62.2 Å². The number of anilines is 1. The second kappa shape index (κ2) is 9.77. The molecule has 4 heterocycles. The smallest absolute Gasteiger partial charge is 0.219 e. The van der Waals surface area contributed by atoms with E-state index in [0.717, 1.165) is 72.5 Å². The second-order valence-electron chi connectivity index (χ2n) is 9.70. The Morgan fingerprint density at radius 3 is 2.71 bits per heavy atom. The van der Waals surface area contributed by atoms with Crippen LogP contribution < -0.4 is 10.4 Å². The number of hydrogen-bond donors (Lipinski definition) is 0. The minimum Gasteiger partial charge on any atom is -0.367 e. The number of aromatic nitrogens is 4. The van der Waals surface area contributed by atoms with Gasteiger partial charge < -0.3 is 4.90 Å². The van der Waals surface area contributed by atoms with Crippen molar-refractivity contribution in [1.29, 1.82) is 0 Å². The van der Waals surface area contributed by atoms with Crippen LogP contribution in [-0.2, 0) is 11.2 Å². The van der Waals surface area contributed by atoms with Gasteiger partial charge in [0.1, 0.15) is 11.2 Å². The summed E-state index contributed by atoms with van der Waals surface area (Å²) in [6.07, 6.45) is 11.4. The molecule has 3 aromatic heterocycles. The minimum atomic E-state index is 0.513. The number of allylic oxidation sites excluding steroid dienone is 1. The van der Waals surface area contributed by atoms with Gasteiger partial charge in [0, 0.05) is 37.9 Å². The van der Waals surface area contributed by atoms with Crippen molar-refractivity contribution >= 4 is 23.3 Å². The van der Waals surface area contributed by atoms with E-state index >= 15 is 0 Å². The van der Waals surface area contributed by atoms with Gasteiger partial charge in [-0.15, -0.1) is 0 Å². The second-order valence-corrected chi connectivity index (χ2v) is 9.70. The lowest BCUT2D eigenvalue weighted by molar-refractivity contribution is 0.0775. The molecule has 1 aliphatic heterocycles. The van der Waals surface area contributed by atoms with Crippen molar-refractivity contribution in [2.45, 2.75) is 65.5 Å². The molecule has 2 aliphatic rings. The molecule has 35 heavy (non-hydrogen) atoms. The van der Waals surface area contributed by atoms with E-state index in [1.165, 1.54) is 19.3 Å². The molecule has 184 valence electrons. The van der Waals surface area contributed by atoms with Crippen molar-refractivity contribution in [3.05, 3.63) is 59.2 Å². The zero-order valence-corrected chi connectivity index (χ0v) is 21.2. The quantitative estimate of drug-likeness (QED) is 0.513. The summed E-state index contributed by atoms with van der Waals surface area (Å²) in [7, 11) is 0. The summed E-state index contributed by atoms with van der Waals surface area (Å²) < 4.78 is 3.44. The summed E-state index contributed by atoms with van der Waals surface area (Å²) in [5.41, 5.74) is 6.05. The maximum absolute atomic E-state index is 12.0. The van der Waals surface area contributed by atoms with Crippen molar-refractivity contribution in [2.24, 2.45) is 4.99 Å². The number of fused-ring (bicyclic) bond motifs is 1. The average Bonchev–Trinajstić information content (AvgIpc) is 3.25. The number of pyridine rings is 1. The number of hydrogen-bond acceptors (Lipinski definition) is 6. The summed E-state index contributed by atoms with van der Waals surface area (Å²) in [6.45, 7) is 11.3. The standard InChI is InChI=1S/C27H35N7O/c1-5-23(25-14-26-24(6-2)28-19(3)15-34(26)30-25)29-27-11-10-22(17-32(27)18-35)31-12-13-33(20(4)16-31)21-8-7-9-21/h5,10-11,14-15,17-18,20-21H,6-9,12-13,16H2,1-4H3/b23-5-,29-27-/t20-/m1/s1. The Bertz CT molecular complexity index is 1330. The van der Waals surface area contributed by atoms with Crippen LogP contribution in [0.3, 0.4) is 0 Å². The third-order valence-electron chi connectivity index (χ3n) is 7.40. The molecular weight excluding hydrogens is 438 g/mol. The molecule has 0 N–H and O–H groups in total. The van der Waals surface area contributed by atoms with E-state index in [4.69, 9.17) is 10.1 Å². The van der Waals surface area contributed by atoms with Crippen molar-refractivity contribution in [2.75, 3.05) is 24.5 Å². The molecule has 0 amide bonds. The van der Waals surface area contributed by atoms with Crippen LogP contribution in [0, 0.1) is 6.92 Å². The third-order valence-corrected chi connectivity index (χ3v) is 7.40. The fourth-order valence-electron chi connectivity index (χ4n) is 5.29. The normalized spacial score (nSPS) is 20.5. The molecule has 8 heteroatoms. The molecule has 0 spiro atoms. The molecule has 1 atom stereocenters. The van der Waals surface area contributed by atoms with Crippen molar-refractivity contribution < 1.29 is 4.79 Å². The van der Waals surface area contributed by atoms with E-state index in [1.807, 2.05) is 49.0 Å². The highest BCUT2D eigenvalue weighted by Gasteiger charge is 2.32. The Morgan fingerprint density at radius 2 is 2.06 bits per heavy atom.